The van der Waals surface area contributed by atoms with Gasteiger partial charge in [0.2, 0.25) is 0 Å². The number of anilines is 1. The van der Waals surface area contributed by atoms with E-state index >= 15 is 0 Å². The van der Waals surface area contributed by atoms with E-state index in [-0.39, 0.29) is 11.6 Å². The standard InChI is InChI=1S/C16H12BrFN2O/c1-9-5-6-12(13(18)7-9)15-14(16(19)20-21-15)10-3-2-4-11(17)8-10/h2-8H,1H3,(H2,19,20). The van der Waals surface area contributed by atoms with Crippen molar-refractivity contribution in [3.8, 4) is 22.5 Å². The van der Waals surface area contributed by atoms with Gasteiger partial charge in [-0.15, -0.1) is 0 Å². The third-order valence-corrected chi connectivity index (χ3v) is 3.69. The number of halogens is 2. The van der Waals surface area contributed by atoms with Crippen molar-refractivity contribution in [2.75, 3.05) is 5.73 Å². The van der Waals surface area contributed by atoms with Gasteiger partial charge >= 0.3 is 0 Å². The molecule has 2 aromatic carbocycles. The van der Waals surface area contributed by atoms with Crippen LogP contribution in [-0.4, -0.2) is 5.16 Å². The molecule has 0 fully saturated rings. The Labute approximate surface area is 129 Å². The minimum atomic E-state index is -0.359. The normalized spacial score (nSPS) is 10.8. The molecule has 0 atom stereocenters. The van der Waals surface area contributed by atoms with Gasteiger partial charge in [-0.25, -0.2) is 4.39 Å². The van der Waals surface area contributed by atoms with E-state index in [1.807, 2.05) is 37.3 Å². The zero-order valence-electron chi connectivity index (χ0n) is 11.2. The van der Waals surface area contributed by atoms with E-state index in [0.717, 1.165) is 15.6 Å². The van der Waals surface area contributed by atoms with E-state index in [9.17, 15) is 4.39 Å². The fourth-order valence-electron chi connectivity index (χ4n) is 2.21. The van der Waals surface area contributed by atoms with Crippen LogP contribution in [0.4, 0.5) is 10.2 Å². The van der Waals surface area contributed by atoms with Gasteiger partial charge in [0.05, 0.1) is 11.1 Å². The zero-order chi connectivity index (χ0) is 15.0. The summed E-state index contributed by atoms with van der Waals surface area (Å²) in [6.07, 6.45) is 0. The number of aromatic nitrogens is 1. The summed E-state index contributed by atoms with van der Waals surface area (Å²) in [5.41, 5.74) is 8.50. The van der Waals surface area contributed by atoms with Crippen molar-refractivity contribution < 1.29 is 8.91 Å². The van der Waals surface area contributed by atoms with E-state index in [0.29, 0.717) is 16.9 Å². The Kier molecular flexibility index (Phi) is 3.51. The summed E-state index contributed by atoms with van der Waals surface area (Å²) in [6.45, 7) is 1.83. The molecule has 21 heavy (non-hydrogen) atoms. The monoisotopic (exact) mass is 346 g/mol. The van der Waals surface area contributed by atoms with Crippen molar-refractivity contribution in [3.63, 3.8) is 0 Å². The minimum absolute atomic E-state index is 0.239. The van der Waals surface area contributed by atoms with Gasteiger partial charge in [0.1, 0.15) is 5.82 Å². The maximum absolute atomic E-state index is 14.2. The molecule has 3 rings (SSSR count). The van der Waals surface area contributed by atoms with Crippen LogP contribution < -0.4 is 5.73 Å². The molecule has 0 aliphatic rings. The number of hydrogen-bond donors (Lipinski definition) is 1. The lowest BCUT2D eigenvalue weighted by Gasteiger charge is -2.05. The predicted octanol–water partition coefficient (Wildman–Crippen LogP) is 4.80. The van der Waals surface area contributed by atoms with Crippen LogP contribution in [0.2, 0.25) is 0 Å². The molecule has 0 unspecified atom stereocenters. The molecule has 0 saturated carbocycles. The highest BCUT2D eigenvalue weighted by Gasteiger charge is 2.20. The summed E-state index contributed by atoms with van der Waals surface area (Å²) in [6, 6.07) is 12.5. The van der Waals surface area contributed by atoms with Gasteiger partial charge in [0.25, 0.3) is 0 Å². The van der Waals surface area contributed by atoms with Gasteiger partial charge in [-0.2, -0.15) is 0 Å². The highest BCUT2D eigenvalue weighted by Crippen LogP contribution is 2.38. The molecule has 0 saturated heterocycles. The molecule has 0 aliphatic carbocycles. The van der Waals surface area contributed by atoms with E-state index < -0.39 is 0 Å². The molecule has 5 heteroatoms. The van der Waals surface area contributed by atoms with Crippen LogP contribution >= 0.6 is 15.9 Å². The van der Waals surface area contributed by atoms with E-state index in [2.05, 4.69) is 21.1 Å². The van der Waals surface area contributed by atoms with Crippen LogP contribution in [0.15, 0.2) is 51.5 Å². The van der Waals surface area contributed by atoms with E-state index in [1.165, 1.54) is 6.07 Å². The first-order valence-corrected chi connectivity index (χ1v) is 7.13. The van der Waals surface area contributed by atoms with Crippen LogP contribution in [0.25, 0.3) is 22.5 Å². The maximum atomic E-state index is 14.2. The third-order valence-electron chi connectivity index (χ3n) is 3.20. The SMILES string of the molecule is Cc1ccc(-c2onc(N)c2-c2cccc(Br)c2)c(F)c1. The topological polar surface area (TPSA) is 52.0 Å². The van der Waals surface area contributed by atoms with Crippen LogP contribution in [0.3, 0.4) is 0 Å². The summed E-state index contributed by atoms with van der Waals surface area (Å²) in [4.78, 5) is 0. The third kappa shape index (κ3) is 2.56. The predicted molar refractivity (Wildman–Crippen MR) is 84.2 cm³/mol. The Bertz CT molecular complexity index is 814. The van der Waals surface area contributed by atoms with Gasteiger partial charge < -0.3 is 10.3 Å². The Morgan fingerprint density at radius 3 is 2.71 bits per heavy atom. The largest absolute Gasteiger partial charge is 0.380 e. The molecule has 1 heterocycles. The average Bonchev–Trinajstić information content (AvgIpc) is 2.80. The minimum Gasteiger partial charge on any atom is -0.380 e. The second-order valence-corrected chi connectivity index (χ2v) is 5.68. The Hall–Kier alpha value is -2.14. The first-order valence-electron chi connectivity index (χ1n) is 6.34. The first-order chi connectivity index (χ1) is 10.1. The fourth-order valence-corrected chi connectivity index (χ4v) is 2.61. The number of aryl methyl sites for hydroxylation is 1. The van der Waals surface area contributed by atoms with E-state index in [4.69, 9.17) is 10.3 Å². The summed E-state index contributed by atoms with van der Waals surface area (Å²) in [5, 5.41) is 3.78. The molecule has 1 aromatic heterocycles. The van der Waals surface area contributed by atoms with E-state index in [1.54, 1.807) is 6.07 Å². The Morgan fingerprint density at radius 2 is 2.00 bits per heavy atom. The quantitative estimate of drug-likeness (QED) is 0.724. The van der Waals surface area contributed by atoms with Gasteiger partial charge in [-0.05, 0) is 42.3 Å². The molecule has 0 spiro atoms. The van der Waals surface area contributed by atoms with Crippen molar-refractivity contribution in [1.82, 2.24) is 5.16 Å². The van der Waals surface area contributed by atoms with Gasteiger partial charge in [0, 0.05) is 4.47 Å². The number of nitrogens with two attached hydrogens (primary N) is 1. The molecule has 0 radical (unpaired) electrons. The Morgan fingerprint density at radius 1 is 1.19 bits per heavy atom. The number of hydrogen-bond acceptors (Lipinski definition) is 3. The Balaban J connectivity index is 2.22. The molecule has 3 aromatic rings. The van der Waals surface area contributed by atoms with Crippen molar-refractivity contribution in [3.05, 3.63) is 58.3 Å². The molecule has 0 amide bonds. The molecule has 0 bridgehead atoms. The summed E-state index contributed by atoms with van der Waals surface area (Å²) in [5.74, 6) is 0.216. The molecule has 0 aliphatic heterocycles. The van der Waals surface area contributed by atoms with Crippen molar-refractivity contribution >= 4 is 21.7 Å². The zero-order valence-corrected chi connectivity index (χ0v) is 12.8. The number of benzene rings is 2. The first kappa shape index (κ1) is 13.8. The summed E-state index contributed by atoms with van der Waals surface area (Å²) >= 11 is 3.41. The number of rotatable bonds is 2. The van der Waals surface area contributed by atoms with Crippen LogP contribution in [0.1, 0.15) is 5.56 Å². The van der Waals surface area contributed by atoms with Crippen LogP contribution in [0, 0.1) is 12.7 Å². The lowest BCUT2D eigenvalue weighted by Crippen LogP contribution is -1.90. The van der Waals surface area contributed by atoms with Crippen LogP contribution in [-0.2, 0) is 0 Å². The second-order valence-electron chi connectivity index (χ2n) is 4.77. The van der Waals surface area contributed by atoms with Crippen molar-refractivity contribution in [2.45, 2.75) is 6.92 Å². The average molecular weight is 347 g/mol. The number of nitrogens with zero attached hydrogens (tertiary/aromatic N) is 1. The van der Waals surface area contributed by atoms with Gasteiger partial charge in [-0.1, -0.05) is 39.3 Å². The second kappa shape index (κ2) is 5.33. The van der Waals surface area contributed by atoms with Crippen LogP contribution in [0.5, 0.6) is 0 Å². The molecular weight excluding hydrogens is 335 g/mol. The molecule has 106 valence electrons. The van der Waals surface area contributed by atoms with Crippen molar-refractivity contribution in [2.24, 2.45) is 0 Å². The lowest BCUT2D eigenvalue weighted by molar-refractivity contribution is 0.433. The summed E-state index contributed by atoms with van der Waals surface area (Å²) < 4.78 is 20.3. The smallest absolute Gasteiger partial charge is 0.179 e. The highest BCUT2D eigenvalue weighted by atomic mass is 79.9. The molecule has 2 N–H and O–H groups in total. The maximum Gasteiger partial charge on any atom is 0.179 e. The van der Waals surface area contributed by atoms with Gasteiger partial charge in [0.15, 0.2) is 11.6 Å². The van der Waals surface area contributed by atoms with Crippen molar-refractivity contribution in [1.29, 1.82) is 0 Å². The summed E-state index contributed by atoms with van der Waals surface area (Å²) in [7, 11) is 0. The highest BCUT2D eigenvalue weighted by molar-refractivity contribution is 9.10. The fraction of sp³-hybridized carbons (Fsp3) is 0.0625. The molecular formula is C16H12BrFN2O. The molecule has 3 nitrogen and oxygen atoms in total. The van der Waals surface area contributed by atoms with Gasteiger partial charge in [-0.3, -0.25) is 0 Å². The lowest BCUT2D eigenvalue weighted by atomic mass is 10.0. The number of nitrogen functional groups attached to an aromatic ring is 1.